The predicted molar refractivity (Wildman–Crippen MR) is 101 cm³/mol. The maximum absolute atomic E-state index is 12.6. The first-order chi connectivity index (χ1) is 12.5. The molecule has 3 rings (SSSR count). The highest BCUT2D eigenvalue weighted by molar-refractivity contribution is 7.21. The normalized spacial score (nSPS) is 12.5. The number of ketones is 1. The van der Waals surface area contributed by atoms with Crippen molar-refractivity contribution in [2.75, 3.05) is 13.2 Å². The summed E-state index contributed by atoms with van der Waals surface area (Å²) in [4.78, 5) is 31.2. The third-order valence-electron chi connectivity index (χ3n) is 3.71. The van der Waals surface area contributed by atoms with E-state index >= 15 is 0 Å². The Kier molecular flexibility index (Phi) is 5.66. The topological polar surface area (TPSA) is 96.5 Å². The highest BCUT2D eigenvalue weighted by Crippen LogP contribution is 2.29. The van der Waals surface area contributed by atoms with Gasteiger partial charge in [-0.2, -0.15) is 5.26 Å². The van der Waals surface area contributed by atoms with Crippen molar-refractivity contribution in [2.45, 2.75) is 26.4 Å². The average Bonchev–Trinajstić information content (AvgIpc) is 3.26. The first-order valence-corrected chi connectivity index (χ1v) is 9.89. The third-order valence-corrected chi connectivity index (χ3v) is 5.50. The second-order valence-electron chi connectivity index (χ2n) is 5.96. The van der Waals surface area contributed by atoms with E-state index in [1.54, 1.807) is 6.07 Å². The van der Waals surface area contributed by atoms with Crippen molar-refractivity contribution in [2.24, 2.45) is 5.92 Å². The second-order valence-corrected chi connectivity index (χ2v) is 7.86. The van der Waals surface area contributed by atoms with Crippen molar-refractivity contribution in [1.29, 1.82) is 5.26 Å². The van der Waals surface area contributed by atoms with Gasteiger partial charge in [0.05, 0.1) is 22.6 Å². The first-order valence-electron chi connectivity index (χ1n) is 8.19. The fourth-order valence-electron chi connectivity index (χ4n) is 2.45. The minimum atomic E-state index is -1.35. The number of carbonyl (C=O) groups is 2. The maximum Gasteiger partial charge on any atom is 0.245 e. The number of nitrogens with one attached hydrogen (secondary N) is 1. The Morgan fingerprint density at radius 3 is 3.00 bits per heavy atom. The summed E-state index contributed by atoms with van der Waals surface area (Å²) in [5.74, 6) is -2.42. The lowest BCUT2D eigenvalue weighted by Gasteiger charge is -2.10. The number of nitriles is 1. The van der Waals surface area contributed by atoms with E-state index in [0.717, 1.165) is 15.3 Å². The fourth-order valence-corrected chi connectivity index (χ4v) is 4.22. The smallest absolute Gasteiger partial charge is 0.245 e. The number of thiazole rings is 1. The molecule has 1 unspecified atom stereocenters. The van der Waals surface area contributed by atoms with Crippen LogP contribution in [0.3, 0.4) is 0 Å². The highest BCUT2D eigenvalue weighted by atomic mass is 32.1. The van der Waals surface area contributed by atoms with Gasteiger partial charge in [0.25, 0.3) is 0 Å². The summed E-state index contributed by atoms with van der Waals surface area (Å²) in [5.41, 5.74) is 0.817. The van der Waals surface area contributed by atoms with Gasteiger partial charge in [-0.15, -0.1) is 22.7 Å². The Hall–Kier alpha value is -2.28. The zero-order chi connectivity index (χ0) is 18.7. The van der Waals surface area contributed by atoms with E-state index in [9.17, 15) is 14.9 Å². The van der Waals surface area contributed by atoms with Gasteiger partial charge < -0.3 is 10.1 Å². The zero-order valence-corrected chi connectivity index (χ0v) is 16.0. The molecule has 3 heterocycles. The SMILES string of the molecule is CC(C)OCCCNC(=O)C(C#N)C(=O)c1cc2c(nc3sccn32)s1. The van der Waals surface area contributed by atoms with Crippen LogP contribution in [0.5, 0.6) is 0 Å². The minimum Gasteiger partial charge on any atom is -0.379 e. The van der Waals surface area contributed by atoms with Crippen molar-refractivity contribution in [1.82, 2.24) is 14.7 Å². The number of Topliss-reactive ketones (excluding diaryl/α,β-unsaturated/α-hetero) is 1. The van der Waals surface area contributed by atoms with E-state index in [4.69, 9.17) is 4.74 Å². The molecule has 0 bridgehead atoms. The molecule has 0 fully saturated rings. The number of fused-ring (bicyclic) bond motifs is 3. The molecule has 0 saturated heterocycles. The molecule has 0 aliphatic heterocycles. The molecule has 9 heteroatoms. The number of rotatable bonds is 8. The van der Waals surface area contributed by atoms with Gasteiger partial charge in [0.15, 0.2) is 16.7 Å². The molecule has 3 aromatic rings. The molecule has 0 aliphatic rings. The molecule has 0 spiro atoms. The van der Waals surface area contributed by atoms with Crippen LogP contribution in [0.1, 0.15) is 29.9 Å². The molecule has 7 nitrogen and oxygen atoms in total. The summed E-state index contributed by atoms with van der Waals surface area (Å²) in [6, 6.07) is 3.51. The van der Waals surface area contributed by atoms with E-state index in [1.165, 1.54) is 22.7 Å². The Morgan fingerprint density at radius 1 is 1.46 bits per heavy atom. The molecule has 0 saturated carbocycles. The number of hydrogen-bond donors (Lipinski definition) is 1. The molecule has 136 valence electrons. The zero-order valence-electron chi connectivity index (χ0n) is 14.4. The molecule has 1 atom stereocenters. The summed E-state index contributed by atoms with van der Waals surface area (Å²) in [7, 11) is 0. The van der Waals surface area contributed by atoms with Gasteiger partial charge in [0, 0.05) is 24.7 Å². The van der Waals surface area contributed by atoms with Gasteiger partial charge >= 0.3 is 0 Å². The number of thiophene rings is 1. The number of ether oxygens (including phenoxy) is 1. The molecular formula is C17H18N4O3S2. The number of nitrogens with zero attached hydrogens (tertiary/aromatic N) is 3. The molecule has 1 N–H and O–H groups in total. The number of aromatic nitrogens is 2. The van der Waals surface area contributed by atoms with Crippen LogP contribution in [-0.2, 0) is 9.53 Å². The van der Waals surface area contributed by atoms with Crippen molar-refractivity contribution in [3.8, 4) is 6.07 Å². The van der Waals surface area contributed by atoms with Gasteiger partial charge in [-0.05, 0) is 26.3 Å². The highest BCUT2D eigenvalue weighted by Gasteiger charge is 2.29. The maximum atomic E-state index is 12.6. The fraction of sp³-hybridized carbons (Fsp3) is 0.412. The molecule has 3 aromatic heterocycles. The average molecular weight is 390 g/mol. The monoisotopic (exact) mass is 390 g/mol. The van der Waals surface area contributed by atoms with E-state index in [-0.39, 0.29) is 6.10 Å². The van der Waals surface area contributed by atoms with Crippen LogP contribution in [0.15, 0.2) is 17.6 Å². The lowest BCUT2D eigenvalue weighted by Crippen LogP contribution is -2.35. The van der Waals surface area contributed by atoms with Gasteiger partial charge in [-0.1, -0.05) is 0 Å². The van der Waals surface area contributed by atoms with Crippen LogP contribution in [0.4, 0.5) is 0 Å². The Bertz CT molecular complexity index is 979. The van der Waals surface area contributed by atoms with E-state index < -0.39 is 17.6 Å². The summed E-state index contributed by atoms with van der Waals surface area (Å²) >= 11 is 2.72. The van der Waals surface area contributed by atoms with Gasteiger partial charge in [-0.3, -0.25) is 14.0 Å². The van der Waals surface area contributed by atoms with Crippen LogP contribution in [-0.4, -0.2) is 40.3 Å². The Labute approximate surface area is 158 Å². The first kappa shape index (κ1) is 18.5. The molecule has 0 aliphatic carbocycles. The van der Waals surface area contributed by atoms with Crippen LogP contribution < -0.4 is 5.32 Å². The van der Waals surface area contributed by atoms with Crippen molar-refractivity contribution in [3.63, 3.8) is 0 Å². The Balaban J connectivity index is 1.65. The Morgan fingerprint density at radius 2 is 2.27 bits per heavy atom. The van der Waals surface area contributed by atoms with Crippen molar-refractivity contribution >= 4 is 49.7 Å². The summed E-state index contributed by atoms with van der Waals surface area (Å²) in [5, 5.41) is 13.8. The largest absolute Gasteiger partial charge is 0.379 e. The molecule has 1 amide bonds. The quantitative estimate of drug-likeness (QED) is 0.362. The van der Waals surface area contributed by atoms with Gasteiger partial charge in [0.1, 0.15) is 4.83 Å². The summed E-state index contributed by atoms with van der Waals surface area (Å²) < 4.78 is 7.28. The van der Waals surface area contributed by atoms with Crippen LogP contribution >= 0.6 is 22.7 Å². The van der Waals surface area contributed by atoms with Gasteiger partial charge in [-0.25, -0.2) is 4.98 Å². The number of imidazole rings is 1. The summed E-state index contributed by atoms with van der Waals surface area (Å²) in [6.07, 6.45) is 2.64. The lowest BCUT2D eigenvalue weighted by molar-refractivity contribution is -0.122. The minimum absolute atomic E-state index is 0.131. The second kappa shape index (κ2) is 7.95. The van der Waals surface area contributed by atoms with Crippen LogP contribution in [0.25, 0.3) is 15.3 Å². The van der Waals surface area contributed by atoms with Crippen molar-refractivity contribution < 1.29 is 14.3 Å². The van der Waals surface area contributed by atoms with E-state index in [2.05, 4.69) is 10.3 Å². The molecule has 0 radical (unpaired) electrons. The number of amides is 1. The van der Waals surface area contributed by atoms with E-state index in [1.807, 2.05) is 35.9 Å². The molecule has 0 aromatic carbocycles. The third kappa shape index (κ3) is 3.77. The summed E-state index contributed by atoms with van der Waals surface area (Å²) in [6.45, 7) is 4.75. The van der Waals surface area contributed by atoms with Crippen LogP contribution in [0, 0.1) is 17.2 Å². The van der Waals surface area contributed by atoms with E-state index in [0.29, 0.717) is 24.4 Å². The predicted octanol–water partition coefficient (Wildman–Crippen LogP) is 2.86. The number of hydrogen-bond acceptors (Lipinski definition) is 7. The van der Waals surface area contributed by atoms with Crippen LogP contribution in [0.2, 0.25) is 0 Å². The number of carbonyl (C=O) groups excluding carboxylic acids is 2. The van der Waals surface area contributed by atoms with Gasteiger partial charge in [0.2, 0.25) is 5.91 Å². The molecule has 26 heavy (non-hydrogen) atoms. The lowest BCUT2D eigenvalue weighted by atomic mass is 10.0. The molecular weight excluding hydrogens is 372 g/mol. The standard InChI is InChI=1S/C17H18N4O3S2/c1-10(2)24-6-3-4-19-15(23)11(9-18)14(22)13-8-12-16(26-13)20-17-21(12)5-7-25-17/h5,7-8,10-11H,3-4,6H2,1-2H3,(H,19,23). The van der Waals surface area contributed by atoms with Crippen molar-refractivity contribution in [3.05, 3.63) is 22.5 Å².